The first-order chi connectivity index (χ1) is 8.06. The molecule has 0 spiro atoms. The van der Waals surface area contributed by atoms with E-state index in [1.807, 2.05) is 0 Å². The van der Waals surface area contributed by atoms with Crippen LogP contribution >= 0.6 is 0 Å². The van der Waals surface area contributed by atoms with Gasteiger partial charge in [0.15, 0.2) is 0 Å². The topological polar surface area (TPSA) is 18.5 Å². The second-order valence-electron chi connectivity index (χ2n) is 5.96. The van der Waals surface area contributed by atoms with Gasteiger partial charge in [0.25, 0.3) is 0 Å². The van der Waals surface area contributed by atoms with E-state index in [2.05, 4.69) is 32.0 Å². The molecule has 2 nitrogen and oxygen atoms in total. The van der Waals surface area contributed by atoms with Crippen molar-refractivity contribution in [3.63, 3.8) is 0 Å². The number of hydrogen-bond acceptors (Lipinski definition) is 2. The van der Waals surface area contributed by atoms with Gasteiger partial charge < -0.3 is 9.47 Å². The Kier molecular flexibility index (Phi) is 2.27. The molecule has 1 aromatic rings. The lowest BCUT2D eigenvalue weighted by molar-refractivity contribution is -0.0987. The fraction of sp³-hybridized carbons (Fsp3) is 0.600. The smallest absolute Gasteiger partial charge is 0.122 e. The summed E-state index contributed by atoms with van der Waals surface area (Å²) in [5, 5.41) is 0. The minimum absolute atomic E-state index is 0.0202. The maximum Gasteiger partial charge on any atom is 0.122 e. The van der Waals surface area contributed by atoms with Crippen molar-refractivity contribution in [3.8, 4) is 5.75 Å². The van der Waals surface area contributed by atoms with Crippen LogP contribution in [0.4, 0.5) is 0 Å². The Morgan fingerprint density at radius 2 is 2.12 bits per heavy atom. The van der Waals surface area contributed by atoms with Gasteiger partial charge >= 0.3 is 0 Å². The fourth-order valence-corrected chi connectivity index (χ4v) is 3.80. The molecule has 0 unspecified atom stereocenters. The lowest BCUT2D eigenvalue weighted by Crippen LogP contribution is -2.49. The summed E-state index contributed by atoms with van der Waals surface area (Å²) in [6, 6.07) is 6.40. The van der Waals surface area contributed by atoms with E-state index in [-0.39, 0.29) is 11.0 Å². The highest BCUT2D eigenvalue weighted by atomic mass is 16.5. The Labute approximate surface area is 103 Å². The van der Waals surface area contributed by atoms with Gasteiger partial charge in [0, 0.05) is 24.0 Å². The standard InChI is InChI=1S/C15H20O2/c1-14-7-8-17-15(2,10-14)9-11-5-4-6-12(16-3)13(11)14/h4-6H,7-10H2,1-3H3/t14-,15-/m0/s1. The molecule has 1 heterocycles. The second kappa shape index (κ2) is 3.49. The maximum atomic E-state index is 5.99. The molecule has 1 fully saturated rings. The number of methoxy groups -OCH3 is 1. The van der Waals surface area contributed by atoms with E-state index in [1.54, 1.807) is 7.11 Å². The zero-order valence-corrected chi connectivity index (χ0v) is 10.9. The van der Waals surface area contributed by atoms with E-state index in [0.717, 1.165) is 31.6 Å². The number of benzene rings is 1. The van der Waals surface area contributed by atoms with Crippen molar-refractivity contribution in [3.05, 3.63) is 29.3 Å². The van der Waals surface area contributed by atoms with Crippen molar-refractivity contribution in [2.45, 2.75) is 44.1 Å². The molecule has 0 radical (unpaired) electrons. The average Bonchev–Trinajstić information content (AvgIpc) is 2.26. The number of fused-ring (bicyclic) bond motifs is 4. The predicted molar refractivity (Wildman–Crippen MR) is 67.6 cm³/mol. The van der Waals surface area contributed by atoms with Crippen LogP contribution in [0.1, 0.15) is 37.8 Å². The van der Waals surface area contributed by atoms with E-state index >= 15 is 0 Å². The summed E-state index contributed by atoms with van der Waals surface area (Å²) in [7, 11) is 1.77. The van der Waals surface area contributed by atoms with Gasteiger partial charge in [-0.15, -0.1) is 0 Å². The molecule has 0 aromatic heterocycles. The largest absolute Gasteiger partial charge is 0.496 e. The van der Waals surface area contributed by atoms with Crippen LogP contribution in [0.3, 0.4) is 0 Å². The molecule has 0 saturated carbocycles. The van der Waals surface area contributed by atoms with Crippen LogP contribution in [0.5, 0.6) is 5.75 Å². The molecule has 2 aliphatic rings. The van der Waals surface area contributed by atoms with Crippen LogP contribution in [0.2, 0.25) is 0 Å². The SMILES string of the molecule is COc1cccc2c1[C@@]1(C)CCO[C@@](C)(C2)C1. The Morgan fingerprint density at radius 3 is 2.88 bits per heavy atom. The van der Waals surface area contributed by atoms with Gasteiger partial charge in [-0.2, -0.15) is 0 Å². The highest BCUT2D eigenvalue weighted by Gasteiger charge is 2.47. The van der Waals surface area contributed by atoms with Crippen LogP contribution in [0, 0.1) is 0 Å². The molecule has 1 aromatic carbocycles. The predicted octanol–water partition coefficient (Wildman–Crippen LogP) is 3.08. The Hall–Kier alpha value is -1.02. The van der Waals surface area contributed by atoms with Crippen LogP contribution < -0.4 is 4.74 Å². The molecule has 2 atom stereocenters. The molecule has 0 amide bonds. The molecule has 2 bridgehead atoms. The molecule has 3 rings (SSSR count). The molecule has 1 aliphatic carbocycles. The van der Waals surface area contributed by atoms with E-state index in [9.17, 15) is 0 Å². The molecule has 1 aliphatic heterocycles. The summed E-state index contributed by atoms with van der Waals surface area (Å²) in [6.07, 6.45) is 3.21. The van der Waals surface area contributed by atoms with E-state index in [1.165, 1.54) is 11.1 Å². The zero-order chi connectivity index (χ0) is 12.1. The van der Waals surface area contributed by atoms with Gasteiger partial charge in [0.05, 0.1) is 12.7 Å². The van der Waals surface area contributed by atoms with E-state index in [0.29, 0.717) is 0 Å². The first-order valence-electron chi connectivity index (χ1n) is 6.37. The summed E-state index contributed by atoms with van der Waals surface area (Å²) in [5.41, 5.74) is 3.06. The molecule has 92 valence electrons. The second-order valence-corrected chi connectivity index (χ2v) is 5.96. The third-order valence-electron chi connectivity index (χ3n) is 4.37. The van der Waals surface area contributed by atoms with Gasteiger partial charge in [-0.25, -0.2) is 0 Å². The summed E-state index contributed by atoms with van der Waals surface area (Å²) < 4.78 is 11.6. The van der Waals surface area contributed by atoms with E-state index in [4.69, 9.17) is 9.47 Å². The van der Waals surface area contributed by atoms with Crippen molar-refractivity contribution in [2.75, 3.05) is 13.7 Å². The fourth-order valence-electron chi connectivity index (χ4n) is 3.80. The first kappa shape index (κ1) is 11.1. The van der Waals surface area contributed by atoms with Gasteiger partial charge in [-0.1, -0.05) is 19.1 Å². The van der Waals surface area contributed by atoms with Crippen molar-refractivity contribution in [1.82, 2.24) is 0 Å². The number of hydrogen-bond donors (Lipinski definition) is 0. The monoisotopic (exact) mass is 232 g/mol. The molecule has 17 heavy (non-hydrogen) atoms. The minimum Gasteiger partial charge on any atom is -0.496 e. The third-order valence-corrected chi connectivity index (χ3v) is 4.37. The highest BCUT2D eigenvalue weighted by molar-refractivity contribution is 5.48. The summed E-state index contributed by atoms with van der Waals surface area (Å²) >= 11 is 0. The highest BCUT2D eigenvalue weighted by Crippen LogP contribution is 2.51. The van der Waals surface area contributed by atoms with E-state index < -0.39 is 0 Å². The molecule has 0 N–H and O–H groups in total. The van der Waals surface area contributed by atoms with Crippen LogP contribution in [0.15, 0.2) is 18.2 Å². The molecular formula is C15H20O2. The first-order valence-corrected chi connectivity index (χ1v) is 6.37. The maximum absolute atomic E-state index is 5.99. The molecular weight excluding hydrogens is 212 g/mol. The van der Waals surface area contributed by atoms with Crippen molar-refractivity contribution in [1.29, 1.82) is 0 Å². The van der Waals surface area contributed by atoms with Crippen molar-refractivity contribution < 1.29 is 9.47 Å². The zero-order valence-electron chi connectivity index (χ0n) is 10.9. The van der Waals surface area contributed by atoms with Gasteiger partial charge in [-0.05, 0) is 31.4 Å². The summed E-state index contributed by atoms with van der Waals surface area (Å²) in [5.74, 6) is 1.05. The lowest BCUT2D eigenvalue weighted by atomic mass is 9.62. The molecule has 2 heteroatoms. The molecule has 1 saturated heterocycles. The van der Waals surface area contributed by atoms with Crippen LogP contribution in [-0.2, 0) is 16.6 Å². The number of rotatable bonds is 1. The van der Waals surface area contributed by atoms with Gasteiger partial charge in [-0.3, -0.25) is 0 Å². The normalized spacial score (nSPS) is 35.2. The number of ether oxygens (including phenoxy) is 2. The van der Waals surface area contributed by atoms with Crippen LogP contribution in [0.25, 0.3) is 0 Å². The van der Waals surface area contributed by atoms with Crippen molar-refractivity contribution in [2.24, 2.45) is 0 Å². The van der Waals surface area contributed by atoms with Gasteiger partial charge in [0.1, 0.15) is 5.75 Å². The average molecular weight is 232 g/mol. The van der Waals surface area contributed by atoms with Crippen LogP contribution in [-0.4, -0.2) is 19.3 Å². The van der Waals surface area contributed by atoms with Crippen molar-refractivity contribution >= 4 is 0 Å². The Balaban J connectivity index is 2.19. The Morgan fingerprint density at radius 1 is 1.29 bits per heavy atom. The van der Waals surface area contributed by atoms with Gasteiger partial charge in [0.2, 0.25) is 0 Å². The minimum atomic E-state index is 0.0202. The quantitative estimate of drug-likeness (QED) is 0.741. The summed E-state index contributed by atoms with van der Waals surface area (Å²) in [6.45, 7) is 5.46. The Bertz CT molecular complexity index is 454. The third kappa shape index (κ3) is 1.58. The lowest BCUT2D eigenvalue weighted by Gasteiger charge is -2.50. The summed E-state index contributed by atoms with van der Waals surface area (Å²) in [4.78, 5) is 0.